The molecule has 0 aromatic carbocycles. The monoisotopic (exact) mass is 243 g/mol. The Morgan fingerprint density at radius 2 is 2.25 bits per heavy atom. The number of nitrogens with zero attached hydrogens (tertiary/aromatic N) is 2. The molecule has 1 saturated heterocycles. The number of halogens is 1. The molecule has 0 aliphatic carbocycles. The van der Waals surface area contributed by atoms with Crippen molar-refractivity contribution in [1.29, 1.82) is 0 Å². The molecular weight excluding hydrogens is 226 g/mol. The maximum atomic E-state index is 5.94. The van der Waals surface area contributed by atoms with Crippen molar-refractivity contribution < 1.29 is 4.74 Å². The van der Waals surface area contributed by atoms with Crippen LogP contribution in [0.3, 0.4) is 0 Å². The fourth-order valence-electron chi connectivity index (χ4n) is 1.88. The molecule has 1 fully saturated rings. The van der Waals surface area contributed by atoms with Crippen molar-refractivity contribution in [2.24, 2.45) is 7.05 Å². The SMILES string of the molecule is Cn1c(Cl)cnc1CNC1(C)CCOCC1. The summed E-state index contributed by atoms with van der Waals surface area (Å²) >= 11 is 5.94. The first-order chi connectivity index (χ1) is 7.61. The first-order valence-electron chi connectivity index (χ1n) is 5.60. The standard InChI is InChI=1S/C11H18ClN3O/c1-11(3-5-16-6-4-11)14-8-10-13-7-9(12)15(10)2/h7,14H,3-6,8H2,1-2H3. The van der Waals surface area contributed by atoms with Gasteiger partial charge in [0.1, 0.15) is 11.0 Å². The highest BCUT2D eigenvalue weighted by Gasteiger charge is 2.26. The summed E-state index contributed by atoms with van der Waals surface area (Å²) in [6.45, 7) is 4.66. The van der Waals surface area contributed by atoms with E-state index < -0.39 is 0 Å². The van der Waals surface area contributed by atoms with Gasteiger partial charge in [0, 0.05) is 25.8 Å². The van der Waals surface area contributed by atoms with E-state index in [0.717, 1.165) is 38.4 Å². The molecule has 0 spiro atoms. The predicted octanol–water partition coefficient (Wildman–Crippen LogP) is 1.73. The lowest BCUT2D eigenvalue weighted by Gasteiger charge is -2.34. The molecule has 0 unspecified atom stereocenters. The van der Waals surface area contributed by atoms with Crippen LogP contribution in [0, 0.1) is 0 Å². The second kappa shape index (κ2) is 4.73. The second-order valence-corrected chi connectivity index (χ2v) is 4.97. The molecule has 90 valence electrons. The molecule has 1 aliphatic heterocycles. The first kappa shape index (κ1) is 11.9. The van der Waals surface area contributed by atoms with Gasteiger partial charge in [-0.05, 0) is 19.8 Å². The Balaban J connectivity index is 1.93. The third-order valence-electron chi connectivity index (χ3n) is 3.30. The van der Waals surface area contributed by atoms with Crippen LogP contribution in [0.4, 0.5) is 0 Å². The number of ether oxygens (including phenoxy) is 1. The van der Waals surface area contributed by atoms with E-state index in [4.69, 9.17) is 16.3 Å². The molecule has 1 aliphatic rings. The summed E-state index contributed by atoms with van der Waals surface area (Å²) in [7, 11) is 1.93. The van der Waals surface area contributed by atoms with Gasteiger partial charge in [0.05, 0.1) is 12.7 Å². The fourth-order valence-corrected chi connectivity index (χ4v) is 2.03. The molecule has 4 nitrogen and oxygen atoms in total. The maximum absolute atomic E-state index is 5.94. The summed E-state index contributed by atoms with van der Waals surface area (Å²) in [5.74, 6) is 0.970. The smallest absolute Gasteiger partial charge is 0.128 e. The number of aromatic nitrogens is 2. The van der Waals surface area contributed by atoms with Crippen LogP contribution in [0.15, 0.2) is 6.20 Å². The van der Waals surface area contributed by atoms with Crippen LogP contribution in [-0.2, 0) is 18.3 Å². The lowest BCUT2D eigenvalue weighted by Crippen LogP contribution is -2.46. The minimum atomic E-state index is 0.163. The Kier molecular flexibility index (Phi) is 3.52. The van der Waals surface area contributed by atoms with E-state index in [1.165, 1.54) is 0 Å². The summed E-state index contributed by atoms with van der Waals surface area (Å²) in [5, 5.41) is 4.22. The van der Waals surface area contributed by atoms with Crippen LogP contribution in [0.25, 0.3) is 0 Å². The average Bonchev–Trinajstić information content (AvgIpc) is 2.58. The minimum absolute atomic E-state index is 0.163. The van der Waals surface area contributed by atoms with Crippen molar-refractivity contribution in [3.05, 3.63) is 17.2 Å². The number of imidazole rings is 1. The lowest BCUT2D eigenvalue weighted by molar-refractivity contribution is 0.0443. The number of rotatable bonds is 3. The van der Waals surface area contributed by atoms with Crippen molar-refractivity contribution >= 4 is 11.6 Å². The van der Waals surface area contributed by atoms with E-state index in [0.29, 0.717) is 5.15 Å². The van der Waals surface area contributed by atoms with Gasteiger partial charge in [0.25, 0.3) is 0 Å². The van der Waals surface area contributed by atoms with Gasteiger partial charge in [0.15, 0.2) is 0 Å². The predicted molar refractivity (Wildman–Crippen MR) is 63.5 cm³/mol. The summed E-state index contributed by atoms with van der Waals surface area (Å²) < 4.78 is 7.26. The lowest BCUT2D eigenvalue weighted by atomic mass is 9.92. The highest BCUT2D eigenvalue weighted by atomic mass is 35.5. The van der Waals surface area contributed by atoms with E-state index in [1.807, 2.05) is 11.6 Å². The third-order valence-corrected chi connectivity index (χ3v) is 3.65. The van der Waals surface area contributed by atoms with Crippen molar-refractivity contribution in [3.63, 3.8) is 0 Å². The maximum Gasteiger partial charge on any atom is 0.128 e. The summed E-state index contributed by atoms with van der Waals surface area (Å²) in [6, 6.07) is 0. The normalized spacial score (nSPS) is 19.9. The zero-order chi connectivity index (χ0) is 11.6. The second-order valence-electron chi connectivity index (χ2n) is 4.58. The molecule has 2 heterocycles. The zero-order valence-corrected chi connectivity index (χ0v) is 10.5. The molecule has 0 atom stereocenters. The van der Waals surface area contributed by atoms with Crippen LogP contribution in [0.1, 0.15) is 25.6 Å². The van der Waals surface area contributed by atoms with Crippen LogP contribution in [0.2, 0.25) is 5.15 Å². The molecule has 0 amide bonds. The molecule has 0 bridgehead atoms. The Hall–Kier alpha value is -0.580. The van der Waals surface area contributed by atoms with Gasteiger partial charge in [-0.15, -0.1) is 0 Å². The Bertz CT molecular complexity index is 358. The summed E-state index contributed by atoms with van der Waals surface area (Å²) in [4.78, 5) is 4.27. The molecule has 1 aromatic rings. The molecule has 1 N–H and O–H groups in total. The molecule has 16 heavy (non-hydrogen) atoms. The Morgan fingerprint density at radius 3 is 2.81 bits per heavy atom. The number of hydrogen-bond acceptors (Lipinski definition) is 3. The topological polar surface area (TPSA) is 39.1 Å². The van der Waals surface area contributed by atoms with Gasteiger partial charge < -0.3 is 14.6 Å². The van der Waals surface area contributed by atoms with E-state index in [1.54, 1.807) is 6.20 Å². The van der Waals surface area contributed by atoms with Crippen LogP contribution >= 0.6 is 11.6 Å². The van der Waals surface area contributed by atoms with Crippen molar-refractivity contribution in [2.45, 2.75) is 31.8 Å². The third kappa shape index (κ3) is 2.56. The zero-order valence-electron chi connectivity index (χ0n) is 9.79. The van der Waals surface area contributed by atoms with Gasteiger partial charge in [-0.1, -0.05) is 11.6 Å². The highest BCUT2D eigenvalue weighted by Crippen LogP contribution is 2.20. The number of nitrogens with one attached hydrogen (secondary N) is 1. The molecule has 0 saturated carbocycles. The van der Waals surface area contributed by atoms with Gasteiger partial charge in [0.2, 0.25) is 0 Å². The molecule has 1 aromatic heterocycles. The Labute approximate surface area is 101 Å². The molecule has 2 rings (SSSR count). The van der Waals surface area contributed by atoms with Crippen molar-refractivity contribution in [2.75, 3.05) is 13.2 Å². The van der Waals surface area contributed by atoms with Gasteiger partial charge in [-0.2, -0.15) is 0 Å². The van der Waals surface area contributed by atoms with E-state index >= 15 is 0 Å². The van der Waals surface area contributed by atoms with Crippen molar-refractivity contribution in [1.82, 2.24) is 14.9 Å². The van der Waals surface area contributed by atoms with E-state index in [9.17, 15) is 0 Å². The highest BCUT2D eigenvalue weighted by molar-refractivity contribution is 6.29. The van der Waals surface area contributed by atoms with Crippen LogP contribution < -0.4 is 5.32 Å². The van der Waals surface area contributed by atoms with Gasteiger partial charge in [-0.3, -0.25) is 0 Å². The average molecular weight is 244 g/mol. The molecule has 5 heteroatoms. The van der Waals surface area contributed by atoms with Crippen LogP contribution in [-0.4, -0.2) is 28.3 Å². The van der Waals surface area contributed by atoms with E-state index in [2.05, 4.69) is 17.2 Å². The summed E-state index contributed by atoms with van der Waals surface area (Å²) in [6.07, 6.45) is 3.78. The van der Waals surface area contributed by atoms with Crippen molar-refractivity contribution in [3.8, 4) is 0 Å². The largest absolute Gasteiger partial charge is 0.381 e. The molecule has 0 radical (unpaired) electrons. The number of hydrogen-bond donors (Lipinski definition) is 1. The van der Waals surface area contributed by atoms with Gasteiger partial charge in [-0.25, -0.2) is 4.98 Å². The minimum Gasteiger partial charge on any atom is -0.381 e. The Morgan fingerprint density at radius 1 is 1.56 bits per heavy atom. The first-order valence-corrected chi connectivity index (χ1v) is 5.97. The van der Waals surface area contributed by atoms with Gasteiger partial charge >= 0.3 is 0 Å². The summed E-state index contributed by atoms with van der Waals surface area (Å²) in [5.41, 5.74) is 0.163. The molecular formula is C11H18ClN3O. The van der Waals surface area contributed by atoms with E-state index in [-0.39, 0.29) is 5.54 Å². The fraction of sp³-hybridized carbons (Fsp3) is 0.727. The quantitative estimate of drug-likeness (QED) is 0.879. The van der Waals surface area contributed by atoms with Crippen LogP contribution in [0.5, 0.6) is 0 Å².